The van der Waals surface area contributed by atoms with Crippen LogP contribution in [0.15, 0.2) is 35.5 Å². The normalized spacial score (nSPS) is 25.0. The molecule has 3 fully saturated rings. The molecule has 2 aromatic rings. The lowest BCUT2D eigenvalue weighted by molar-refractivity contribution is 0.0713. The molecular formula is C24H28ClFN4O3S. The number of amides is 1. The van der Waals surface area contributed by atoms with Crippen molar-refractivity contribution in [1.29, 1.82) is 0 Å². The van der Waals surface area contributed by atoms with Gasteiger partial charge in [-0.25, -0.2) is 22.9 Å². The van der Waals surface area contributed by atoms with E-state index in [0.717, 1.165) is 37.7 Å². The van der Waals surface area contributed by atoms with Gasteiger partial charge in [0.05, 0.1) is 11.3 Å². The van der Waals surface area contributed by atoms with E-state index in [2.05, 4.69) is 10.3 Å². The summed E-state index contributed by atoms with van der Waals surface area (Å²) in [6.07, 6.45) is 7.23. The van der Waals surface area contributed by atoms with E-state index in [1.54, 1.807) is 17.0 Å². The number of nitrogens with two attached hydrogens (primary N) is 1. The molecule has 2 heterocycles. The third kappa shape index (κ3) is 4.53. The highest BCUT2D eigenvalue weighted by atomic mass is 35.5. The van der Waals surface area contributed by atoms with E-state index in [1.165, 1.54) is 24.8 Å². The van der Waals surface area contributed by atoms with Crippen molar-refractivity contribution in [3.8, 4) is 0 Å². The van der Waals surface area contributed by atoms with Crippen LogP contribution in [0.25, 0.3) is 0 Å². The minimum atomic E-state index is -4.14. The number of carbonyl (C=O) groups excluding carboxylic acids is 1. The second-order valence-corrected chi connectivity index (χ2v) is 11.6. The van der Waals surface area contributed by atoms with Crippen LogP contribution in [0.4, 0.5) is 10.1 Å². The number of likely N-dealkylation sites (tertiary alicyclic amines) is 1. The molecule has 3 aliphatic rings. The van der Waals surface area contributed by atoms with Crippen molar-refractivity contribution >= 4 is 33.2 Å². The van der Waals surface area contributed by atoms with Crippen molar-refractivity contribution < 1.29 is 17.6 Å². The highest BCUT2D eigenvalue weighted by Crippen LogP contribution is 2.46. The molecule has 182 valence electrons. The van der Waals surface area contributed by atoms with Crippen LogP contribution in [0, 0.1) is 17.7 Å². The van der Waals surface area contributed by atoms with E-state index in [-0.39, 0.29) is 34.3 Å². The number of pyridine rings is 1. The first-order chi connectivity index (χ1) is 16.2. The number of hydrogen-bond acceptors (Lipinski definition) is 5. The number of nitrogens with one attached hydrogen (secondary N) is 1. The van der Waals surface area contributed by atoms with Gasteiger partial charge in [-0.3, -0.25) is 4.79 Å². The molecule has 10 heteroatoms. The minimum Gasteiger partial charge on any atom is -0.380 e. The zero-order valence-electron chi connectivity index (χ0n) is 18.7. The summed E-state index contributed by atoms with van der Waals surface area (Å²) in [5.74, 6) is 0.896. The monoisotopic (exact) mass is 506 g/mol. The molecule has 34 heavy (non-hydrogen) atoms. The van der Waals surface area contributed by atoms with Gasteiger partial charge in [-0.05, 0) is 67.6 Å². The van der Waals surface area contributed by atoms with Crippen LogP contribution in [0.5, 0.6) is 0 Å². The van der Waals surface area contributed by atoms with Gasteiger partial charge < -0.3 is 10.2 Å². The molecule has 2 aliphatic carbocycles. The van der Waals surface area contributed by atoms with Gasteiger partial charge in [-0.15, -0.1) is 0 Å². The van der Waals surface area contributed by atoms with Crippen LogP contribution in [-0.4, -0.2) is 43.3 Å². The Morgan fingerprint density at radius 3 is 2.41 bits per heavy atom. The number of nitrogens with zero attached hydrogens (tertiary/aromatic N) is 2. The quantitative estimate of drug-likeness (QED) is 0.634. The topological polar surface area (TPSA) is 105 Å². The molecule has 1 aliphatic heterocycles. The zero-order valence-corrected chi connectivity index (χ0v) is 20.3. The van der Waals surface area contributed by atoms with E-state index in [1.807, 2.05) is 0 Å². The summed E-state index contributed by atoms with van der Waals surface area (Å²) in [4.78, 5) is 19.2. The Morgan fingerprint density at radius 2 is 1.82 bits per heavy atom. The summed E-state index contributed by atoms with van der Waals surface area (Å²) in [7, 11) is -4.14. The first-order valence-corrected chi connectivity index (χ1v) is 13.7. The fraction of sp³-hybridized carbons (Fsp3) is 0.500. The largest absolute Gasteiger partial charge is 0.380 e. The Morgan fingerprint density at radius 1 is 1.12 bits per heavy atom. The van der Waals surface area contributed by atoms with E-state index in [0.29, 0.717) is 30.6 Å². The fourth-order valence-electron chi connectivity index (χ4n) is 5.90. The summed E-state index contributed by atoms with van der Waals surface area (Å²) >= 11 is 6.49. The lowest BCUT2D eigenvalue weighted by Crippen LogP contribution is -2.39. The molecule has 3 atom stereocenters. The van der Waals surface area contributed by atoms with Crippen molar-refractivity contribution in [3.63, 3.8) is 0 Å². The minimum absolute atomic E-state index is 0.127. The lowest BCUT2D eigenvalue weighted by atomic mass is 9.89. The number of fused-ring (bicyclic) bond motifs is 2. The summed E-state index contributed by atoms with van der Waals surface area (Å²) in [5, 5.41) is 8.18. The molecule has 1 aromatic heterocycles. The Hall–Kier alpha value is -2.23. The first kappa shape index (κ1) is 23.5. The van der Waals surface area contributed by atoms with Crippen molar-refractivity contribution in [2.75, 3.05) is 18.4 Å². The maximum absolute atomic E-state index is 13.5. The van der Waals surface area contributed by atoms with E-state index in [9.17, 15) is 17.6 Å². The number of benzene rings is 1. The lowest BCUT2D eigenvalue weighted by Gasteiger charge is -2.33. The molecule has 1 saturated heterocycles. The average molecular weight is 507 g/mol. The van der Waals surface area contributed by atoms with Gasteiger partial charge in [0.25, 0.3) is 15.9 Å². The second-order valence-electron chi connectivity index (χ2n) is 9.75. The molecule has 0 spiro atoms. The van der Waals surface area contributed by atoms with Crippen molar-refractivity contribution in [3.05, 3.63) is 52.4 Å². The van der Waals surface area contributed by atoms with E-state index >= 15 is 0 Å². The zero-order chi connectivity index (χ0) is 24.0. The van der Waals surface area contributed by atoms with E-state index < -0.39 is 15.0 Å². The highest BCUT2D eigenvalue weighted by molar-refractivity contribution is 7.89. The smallest absolute Gasteiger partial charge is 0.257 e. The SMILES string of the molecule is NS(=O)(=O)c1ncc(C(=O)N2CCC(c3ccc(F)cc3)CC2)c(N[C@H]2C[C@H]3CC[C@@H]2C3)c1Cl. The molecule has 2 saturated carbocycles. The number of rotatable bonds is 5. The van der Waals surface area contributed by atoms with Crippen molar-refractivity contribution in [1.82, 2.24) is 9.88 Å². The molecule has 1 amide bonds. The summed E-state index contributed by atoms with van der Waals surface area (Å²) in [6, 6.07) is 6.65. The van der Waals surface area contributed by atoms with Gasteiger partial charge in [0.15, 0.2) is 5.03 Å². The number of piperidine rings is 1. The Labute approximate surface area is 203 Å². The number of anilines is 1. The molecule has 1 aromatic carbocycles. The van der Waals surface area contributed by atoms with Gasteiger partial charge in [-0.2, -0.15) is 0 Å². The molecule has 3 N–H and O–H groups in total. The van der Waals surface area contributed by atoms with Gasteiger partial charge in [0.2, 0.25) is 0 Å². The fourth-order valence-corrected chi connectivity index (χ4v) is 6.98. The summed E-state index contributed by atoms with van der Waals surface area (Å²) < 4.78 is 37.3. The van der Waals surface area contributed by atoms with Crippen LogP contribution in [-0.2, 0) is 10.0 Å². The van der Waals surface area contributed by atoms with Crippen LogP contribution >= 0.6 is 11.6 Å². The third-order valence-corrected chi connectivity index (χ3v) is 9.01. The predicted molar refractivity (Wildman–Crippen MR) is 128 cm³/mol. The van der Waals surface area contributed by atoms with Crippen LogP contribution in [0.2, 0.25) is 5.02 Å². The molecular weight excluding hydrogens is 479 g/mol. The van der Waals surface area contributed by atoms with Crippen LogP contribution in [0.3, 0.4) is 0 Å². The van der Waals surface area contributed by atoms with Crippen LogP contribution < -0.4 is 10.5 Å². The number of sulfonamides is 1. The Bertz CT molecular complexity index is 1200. The standard InChI is InChI=1S/C24H28ClFN4O3S/c25-21-22(29-20-12-14-1-2-17(20)11-14)19(13-28-23(21)34(27,32)33)24(31)30-9-7-16(8-10-30)15-3-5-18(26)6-4-15/h3-6,13-14,16-17,20H,1-2,7-12H2,(H,28,29)(H2,27,32,33)/t14-,17+,20-/m0/s1. The Balaban J connectivity index is 1.38. The average Bonchev–Trinajstić information content (AvgIpc) is 3.43. The first-order valence-electron chi connectivity index (χ1n) is 11.7. The molecule has 7 nitrogen and oxygen atoms in total. The van der Waals surface area contributed by atoms with Gasteiger partial charge in [0.1, 0.15) is 10.8 Å². The van der Waals surface area contributed by atoms with Crippen molar-refractivity contribution in [2.45, 2.75) is 55.5 Å². The number of halogens is 2. The molecule has 0 unspecified atom stereocenters. The summed E-state index contributed by atoms with van der Waals surface area (Å²) in [5.41, 5.74) is 1.64. The maximum atomic E-state index is 13.5. The van der Waals surface area contributed by atoms with Gasteiger partial charge in [0, 0.05) is 25.3 Å². The van der Waals surface area contributed by atoms with E-state index in [4.69, 9.17) is 16.7 Å². The predicted octanol–water partition coefficient (Wildman–Crippen LogP) is 4.14. The highest BCUT2D eigenvalue weighted by Gasteiger charge is 2.40. The van der Waals surface area contributed by atoms with Crippen LogP contribution in [0.1, 0.15) is 60.4 Å². The third-order valence-electron chi connectivity index (χ3n) is 7.68. The maximum Gasteiger partial charge on any atom is 0.257 e. The number of aromatic nitrogens is 1. The second kappa shape index (κ2) is 9.09. The molecule has 0 radical (unpaired) electrons. The molecule has 5 rings (SSSR count). The molecule has 2 bridgehead atoms. The Kier molecular flexibility index (Phi) is 6.29. The van der Waals surface area contributed by atoms with Gasteiger partial charge in [-0.1, -0.05) is 30.2 Å². The number of primary sulfonamides is 1. The number of hydrogen-bond donors (Lipinski definition) is 2. The van der Waals surface area contributed by atoms with Gasteiger partial charge >= 0.3 is 0 Å². The summed E-state index contributed by atoms with van der Waals surface area (Å²) in [6.45, 7) is 1.06. The van der Waals surface area contributed by atoms with Crippen molar-refractivity contribution in [2.24, 2.45) is 17.0 Å². The number of carbonyl (C=O) groups is 1.